The molecule has 0 saturated carbocycles. The molecule has 0 atom stereocenters. The highest BCUT2D eigenvalue weighted by Gasteiger charge is 2.19. The van der Waals surface area contributed by atoms with Gasteiger partial charge in [-0.1, -0.05) is 30.3 Å². The second kappa shape index (κ2) is 7.97. The fourth-order valence-corrected chi connectivity index (χ4v) is 2.87. The maximum atomic E-state index is 12.8. The van der Waals surface area contributed by atoms with E-state index in [1.165, 1.54) is 12.3 Å². The molecule has 0 saturated heterocycles. The summed E-state index contributed by atoms with van der Waals surface area (Å²) in [6.07, 6.45) is 3.14. The number of nitrogens with one attached hydrogen (secondary N) is 1. The maximum Gasteiger partial charge on any atom is 0.272 e. The lowest BCUT2D eigenvalue weighted by molar-refractivity contribution is 0.0932. The molecule has 0 spiro atoms. The number of benzene rings is 1. The Kier molecular flexibility index (Phi) is 5.07. The summed E-state index contributed by atoms with van der Waals surface area (Å²) in [6.45, 7) is 0.230. The summed E-state index contributed by atoms with van der Waals surface area (Å²) >= 11 is 0. The number of aryl methyl sites for hydroxylation is 1. The van der Waals surface area contributed by atoms with E-state index in [1.54, 1.807) is 29.9 Å². The van der Waals surface area contributed by atoms with Crippen LogP contribution in [-0.4, -0.2) is 20.4 Å². The molecule has 4 aromatic rings. The largest absolute Gasteiger partial charge is 0.483 e. The zero-order valence-corrected chi connectivity index (χ0v) is 15.7. The molecule has 3 aromatic heterocycles. The molecule has 0 aliphatic carbocycles. The lowest BCUT2D eigenvalue weighted by Gasteiger charge is -2.14. The SMILES string of the molecule is Cn1ccc(=O)c(OCc2ccccc2)c1C(=O)NCc1nc2ncccc2o1. The van der Waals surface area contributed by atoms with Gasteiger partial charge in [0, 0.05) is 25.5 Å². The lowest BCUT2D eigenvalue weighted by atomic mass is 10.2. The van der Waals surface area contributed by atoms with Crippen LogP contribution >= 0.6 is 0 Å². The molecule has 0 radical (unpaired) electrons. The van der Waals surface area contributed by atoms with E-state index in [0.717, 1.165) is 5.56 Å². The molecule has 0 aliphatic heterocycles. The van der Waals surface area contributed by atoms with Gasteiger partial charge in [-0.3, -0.25) is 9.59 Å². The highest BCUT2D eigenvalue weighted by Crippen LogP contribution is 2.16. The summed E-state index contributed by atoms with van der Waals surface area (Å²) in [5.74, 6) is -0.154. The number of carbonyl (C=O) groups is 1. The van der Waals surface area contributed by atoms with Crippen LogP contribution in [0.4, 0.5) is 0 Å². The molecule has 146 valence electrons. The van der Waals surface area contributed by atoms with E-state index in [2.05, 4.69) is 15.3 Å². The van der Waals surface area contributed by atoms with Gasteiger partial charge in [-0.2, -0.15) is 4.98 Å². The minimum absolute atomic E-state index is 0.00409. The topological polar surface area (TPSA) is 99.2 Å². The zero-order chi connectivity index (χ0) is 20.2. The second-order valence-corrected chi connectivity index (χ2v) is 6.36. The van der Waals surface area contributed by atoms with Crippen LogP contribution in [0.3, 0.4) is 0 Å². The Labute approximate surface area is 165 Å². The van der Waals surface area contributed by atoms with Gasteiger partial charge >= 0.3 is 0 Å². The van der Waals surface area contributed by atoms with Crippen LogP contribution in [0.15, 0.2) is 70.1 Å². The number of nitrogens with zero attached hydrogens (tertiary/aromatic N) is 3. The summed E-state index contributed by atoms with van der Waals surface area (Å²) in [5, 5.41) is 2.72. The van der Waals surface area contributed by atoms with Crippen molar-refractivity contribution in [2.75, 3.05) is 0 Å². The van der Waals surface area contributed by atoms with Crippen molar-refractivity contribution >= 4 is 17.1 Å². The van der Waals surface area contributed by atoms with Crippen molar-refractivity contribution in [1.29, 1.82) is 0 Å². The first kappa shape index (κ1) is 18.4. The Morgan fingerprint density at radius 3 is 2.79 bits per heavy atom. The maximum absolute atomic E-state index is 12.8. The van der Waals surface area contributed by atoms with Crippen LogP contribution in [0.2, 0.25) is 0 Å². The second-order valence-electron chi connectivity index (χ2n) is 6.36. The Morgan fingerprint density at radius 2 is 2.00 bits per heavy atom. The van der Waals surface area contributed by atoms with Crippen molar-refractivity contribution in [2.24, 2.45) is 7.05 Å². The zero-order valence-electron chi connectivity index (χ0n) is 15.7. The summed E-state index contributed by atoms with van der Waals surface area (Å²) < 4.78 is 12.8. The number of aromatic nitrogens is 3. The third-order valence-electron chi connectivity index (χ3n) is 4.29. The average Bonchev–Trinajstić information content (AvgIpc) is 3.16. The summed E-state index contributed by atoms with van der Waals surface area (Å²) in [4.78, 5) is 33.5. The summed E-state index contributed by atoms with van der Waals surface area (Å²) in [6, 6.07) is 14.3. The monoisotopic (exact) mass is 390 g/mol. The Hall–Kier alpha value is -3.94. The van der Waals surface area contributed by atoms with Crippen molar-refractivity contribution in [1.82, 2.24) is 19.9 Å². The third kappa shape index (κ3) is 4.01. The molecule has 0 aliphatic rings. The number of carbonyl (C=O) groups excluding carboxylic acids is 1. The van der Waals surface area contributed by atoms with Crippen molar-refractivity contribution < 1.29 is 13.9 Å². The summed E-state index contributed by atoms with van der Waals surface area (Å²) in [7, 11) is 1.67. The van der Waals surface area contributed by atoms with Gasteiger partial charge in [0.05, 0.1) is 6.54 Å². The summed E-state index contributed by atoms with van der Waals surface area (Å²) in [5.41, 5.74) is 1.66. The van der Waals surface area contributed by atoms with Gasteiger partial charge in [-0.15, -0.1) is 0 Å². The number of ether oxygens (including phenoxy) is 1. The first-order valence-electron chi connectivity index (χ1n) is 8.97. The van der Waals surface area contributed by atoms with Gasteiger partial charge < -0.3 is 19.0 Å². The number of pyridine rings is 2. The highest BCUT2D eigenvalue weighted by atomic mass is 16.5. The first-order chi connectivity index (χ1) is 14.1. The van der Waals surface area contributed by atoms with Gasteiger partial charge in [0.2, 0.25) is 11.3 Å². The van der Waals surface area contributed by atoms with Gasteiger partial charge in [0.1, 0.15) is 6.61 Å². The standard InChI is InChI=1S/C21H18N4O4/c1-25-11-9-15(26)19(28-13-14-6-3-2-4-7-14)18(25)21(27)23-12-17-24-20-16(29-17)8-5-10-22-20/h2-11H,12-13H2,1H3,(H,23,27). The molecular formula is C21H18N4O4. The fourth-order valence-electron chi connectivity index (χ4n) is 2.87. The van der Waals surface area contributed by atoms with Crippen LogP contribution in [-0.2, 0) is 20.2 Å². The number of hydrogen-bond donors (Lipinski definition) is 1. The van der Waals surface area contributed by atoms with Gasteiger partial charge in [0.25, 0.3) is 5.91 Å². The third-order valence-corrected chi connectivity index (χ3v) is 4.29. The molecule has 4 rings (SSSR count). The molecule has 3 heterocycles. The fraction of sp³-hybridized carbons (Fsp3) is 0.143. The predicted octanol–water partition coefficient (Wildman–Crippen LogP) is 2.43. The number of oxazole rings is 1. The normalized spacial score (nSPS) is 10.8. The average molecular weight is 390 g/mol. The van der Waals surface area contributed by atoms with Gasteiger partial charge in [-0.25, -0.2) is 4.98 Å². The number of rotatable bonds is 6. The number of hydrogen-bond acceptors (Lipinski definition) is 6. The Bertz CT molecular complexity index is 1180. The molecule has 1 aromatic carbocycles. The minimum atomic E-state index is -0.469. The van der Waals surface area contributed by atoms with Crippen molar-refractivity contribution in [3.05, 3.63) is 88.3 Å². The first-order valence-corrected chi connectivity index (χ1v) is 8.97. The van der Waals surface area contributed by atoms with E-state index in [1.807, 2.05) is 30.3 Å². The van der Waals surface area contributed by atoms with E-state index in [-0.39, 0.29) is 30.0 Å². The van der Waals surface area contributed by atoms with E-state index in [9.17, 15) is 9.59 Å². The molecule has 29 heavy (non-hydrogen) atoms. The van der Waals surface area contributed by atoms with Gasteiger partial charge in [-0.05, 0) is 17.7 Å². The van der Waals surface area contributed by atoms with Crippen LogP contribution in [0.25, 0.3) is 11.2 Å². The van der Waals surface area contributed by atoms with Gasteiger partial charge in [0.15, 0.2) is 22.7 Å². The van der Waals surface area contributed by atoms with E-state index in [0.29, 0.717) is 17.1 Å². The smallest absolute Gasteiger partial charge is 0.272 e. The minimum Gasteiger partial charge on any atom is -0.483 e. The van der Waals surface area contributed by atoms with Crippen LogP contribution in [0.1, 0.15) is 21.9 Å². The molecule has 0 bridgehead atoms. The molecule has 0 fully saturated rings. The molecule has 8 nitrogen and oxygen atoms in total. The Morgan fingerprint density at radius 1 is 1.17 bits per heavy atom. The van der Waals surface area contributed by atoms with Crippen LogP contribution in [0, 0.1) is 0 Å². The highest BCUT2D eigenvalue weighted by molar-refractivity contribution is 5.95. The predicted molar refractivity (Wildman–Crippen MR) is 105 cm³/mol. The lowest BCUT2D eigenvalue weighted by Crippen LogP contribution is -2.29. The quantitative estimate of drug-likeness (QED) is 0.543. The molecule has 1 N–H and O–H groups in total. The van der Waals surface area contributed by atoms with Crippen molar-refractivity contribution in [2.45, 2.75) is 13.2 Å². The van der Waals surface area contributed by atoms with Crippen LogP contribution < -0.4 is 15.5 Å². The number of fused-ring (bicyclic) bond motifs is 1. The molecule has 0 unspecified atom stereocenters. The molecular weight excluding hydrogens is 372 g/mol. The van der Waals surface area contributed by atoms with Crippen molar-refractivity contribution in [3.63, 3.8) is 0 Å². The Balaban J connectivity index is 1.53. The van der Waals surface area contributed by atoms with E-state index >= 15 is 0 Å². The van der Waals surface area contributed by atoms with Crippen molar-refractivity contribution in [3.8, 4) is 5.75 Å². The molecule has 1 amide bonds. The number of amides is 1. The molecule has 8 heteroatoms. The van der Waals surface area contributed by atoms with Crippen LogP contribution in [0.5, 0.6) is 5.75 Å². The van der Waals surface area contributed by atoms with E-state index < -0.39 is 5.91 Å². The van der Waals surface area contributed by atoms with E-state index in [4.69, 9.17) is 9.15 Å².